The molecule has 0 saturated heterocycles. The number of alkyl halides is 4. The molecule has 3 N–H and O–H groups in total. The predicted molar refractivity (Wildman–Crippen MR) is 104 cm³/mol. The monoisotopic (exact) mass is 430 g/mol. The van der Waals surface area contributed by atoms with E-state index in [0.29, 0.717) is 22.4 Å². The number of nitrogens with zero attached hydrogens (tertiary/aromatic N) is 2. The smallest absolute Gasteiger partial charge is 0.393 e. The summed E-state index contributed by atoms with van der Waals surface area (Å²) in [6.45, 7) is 2.06. The van der Waals surface area contributed by atoms with Crippen molar-refractivity contribution in [3.63, 3.8) is 0 Å². The molecule has 6 nitrogen and oxygen atoms in total. The van der Waals surface area contributed by atoms with Gasteiger partial charge in [-0.15, -0.1) is 0 Å². The second kappa shape index (κ2) is 7.76. The Bertz CT molecular complexity index is 1080. The lowest BCUT2D eigenvalue weighted by atomic mass is 10.1. The number of aliphatic hydroxyl groups excluding tert-OH is 1. The first-order valence-corrected chi connectivity index (χ1v) is 11.2. The number of nitrogens with one attached hydrogen (secondary N) is 2. The average Bonchev–Trinajstić information content (AvgIpc) is 3.08. The fourth-order valence-corrected chi connectivity index (χ4v) is 4.10. The fourth-order valence-electron chi connectivity index (χ4n) is 2.93. The van der Waals surface area contributed by atoms with E-state index in [9.17, 15) is 22.1 Å². The van der Waals surface area contributed by atoms with Crippen LogP contribution in [0, 0.1) is 0 Å². The van der Waals surface area contributed by atoms with E-state index >= 15 is 0 Å². The molecule has 0 saturated carbocycles. The minimum atomic E-state index is -4.71. The first-order chi connectivity index (χ1) is 13.5. The number of aliphatic hydroxyl groups is 1. The zero-order chi connectivity index (χ0) is 21.4. The molecular formula is C18H19F4N4O2P. The van der Waals surface area contributed by atoms with Crippen molar-refractivity contribution < 1.29 is 27.2 Å². The third-order valence-corrected chi connectivity index (χ3v) is 5.84. The van der Waals surface area contributed by atoms with Crippen LogP contribution in [0.2, 0.25) is 0 Å². The predicted octanol–water partition coefficient (Wildman–Crippen LogP) is 3.63. The van der Waals surface area contributed by atoms with Gasteiger partial charge in [0.15, 0.2) is 0 Å². The molecule has 3 aromatic rings. The van der Waals surface area contributed by atoms with Crippen LogP contribution in [0.1, 0.15) is 5.56 Å². The summed E-state index contributed by atoms with van der Waals surface area (Å²) in [6.07, 6.45) is -4.32. The lowest BCUT2D eigenvalue weighted by Gasteiger charge is -2.14. The third kappa shape index (κ3) is 4.43. The zero-order valence-corrected chi connectivity index (χ0v) is 16.5. The van der Waals surface area contributed by atoms with Crippen LogP contribution in [-0.2, 0) is 10.7 Å². The minimum Gasteiger partial charge on any atom is -0.393 e. The summed E-state index contributed by atoms with van der Waals surface area (Å²) in [7, 11) is -2.68. The lowest BCUT2D eigenvalue weighted by Crippen LogP contribution is -2.20. The van der Waals surface area contributed by atoms with E-state index in [0.717, 1.165) is 0 Å². The summed E-state index contributed by atoms with van der Waals surface area (Å²) >= 11 is 0. The summed E-state index contributed by atoms with van der Waals surface area (Å²) in [4.78, 5) is 10.5. The number of rotatable bonds is 6. The van der Waals surface area contributed by atoms with E-state index in [1.54, 1.807) is 31.5 Å². The van der Waals surface area contributed by atoms with Gasteiger partial charge in [-0.05, 0) is 19.4 Å². The van der Waals surface area contributed by atoms with Crippen LogP contribution in [0.25, 0.3) is 22.2 Å². The largest absolute Gasteiger partial charge is 0.419 e. The summed E-state index contributed by atoms with van der Waals surface area (Å²) in [5, 5.41) is 12.2. The first-order valence-electron chi connectivity index (χ1n) is 8.61. The highest BCUT2D eigenvalue weighted by Crippen LogP contribution is 2.41. The molecule has 0 bridgehead atoms. The topological polar surface area (TPSA) is 90.9 Å². The van der Waals surface area contributed by atoms with E-state index in [1.807, 2.05) is 0 Å². The van der Waals surface area contributed by atoms with Crippen LogP contribution in [0.3, 0.4) is 0 Å². The van der Waals surface area contributed by atoms with Crippen molar-refractivity contribution in [2.45, 2.75) is 12.3 Å². The second-order valence-corrected chi connectivity index (χ2v) is 10.1. The number of aromatic nitrogens is 3. The molecule has 0 aliphatic rings. The molecule has 0 amide bonds. The fraction of sp³-hybridized carbons (Fsp3) is 0.333. The third-order valence-electron chi connectivity index (χ3n) is 4.30. The van der Waals surface area contributed by atoms with Crippen molar-refractivity contribution in [2.24, 2.45) is 0 Å². The lowest BCUT2D eigenvalue weighted by molar-refractivity contribution is -0.137. The number of aromatic amines is 1. The Morgan fingerprint density at radius 2 is 2.03 bits per heavy atom. The van der Waals surface area contributed by atoms with Crippen molar-refractivity contribution in [3.05, 3.63) is 36.2 Å². The van der Waals surface area contributed by atoms with Crippen LogP contribution >= 0.6 is 7.14 Å². The van der Waals surface area contributed by atoms with Crippen molar-refractivity contribution in [1.29, 1.82) is 0 Å². The Balaban J connectivity index is 2.17. The Morgan fingerprint density at radius 1 is 1.31 bits per heavy atom. The molecule has 0 aliphatic carbocycles. The number of H-pyrrole nitrogens is 1. The normalized spacial score (nSPS) is 13.6. The standard InChI is InChI=1S/C18H19F4N4O2P/c1-29(2,28)14-5-3-4-11-12(7-23-16(11)14)15-13(18(20,21)22)8-25-17(26-15)24-6-10(19)9-27/h3-5,7-8,10,23,27H,6,9H2,1-2H3,(H,24,25,26). The maximum Gasteiger partial charge on any atom is 0.419 e. The van der Waals surface area contributed by atoms with E-state index in [1.165, 1.54) is 6.20 Å². The van der Waals surface area contributed by atoms with Crippen molar-refractivity contribution >= 4 is 29.3 Å². The molecule has 11 heteroatoms. The van der Waals surface area contributed by atoms with Gasteiger partial charge in [-0.1, -0.05) is 12.1 Å². The summed E-state index contributed by atoms with van der Waals surface area (Å²) in [6, 6.07) is 4.90. The second-order valence-electron chi connectivity index (χ2n) is 6.87. The van der Waals surface area contributed by atoms with Crippen LogP contribution < -0.4 is 10.6 Å². The van der Waals surface area contributed by atoms with Gasteiger partial charge in [0.2, 0.25) is 5.95 Å². The van der Waals surface area contributed by atoms with E-state index in [-0.39, 0.29) is 23.8 Å². The van der Waals surface area contributed by atoms with Crippen LogP contribution in [0.4, 0.5) is 23.5 Å². The molecule has 2 aromatic heterocycles. The Morgan fingerprint density at radius 3 is 2.66 bits per heavy atom. The molecule has 156 valence electrons. The highest BCUT2D eigenvalue weighted by molar-refractivity contribution is 7.70. The molecule has 0 aliphatic heterocycles. The highest BCUT2D eigenvalue weighted by Gasteiger charge is 2.36. The summed E-state index contributed by atoms with van der Waals surface area (Å²) in [5.74, 6) is -0.203. The van der Waals surface area contributed by atoms with Gasteiger partial charge in [0, 0.05) is 28.6 Å². The number of fused-ring (bicyclic) bond motifs is 1. The van der Waals surface area contributed by atoms with Crippen LogP contribution in [0.5, 0.6) is 0 Å². The van der Waals surface area contributed by atoms with Crippen molar-refractivity contribution in [1.82, 2.24) is 15.0 Å². The summed E-state index contributed by atoms with van der Waals surface area (Å²) in [5.41, 5.74) is -0.808. The molecule has 1 aromatic carbocycles. The van der Waals surface area contributed by atoms with Gasteiger partial charge in [0.25, 0.3) is 0 Å². The van der Waals surface area contributed by atoms with Crippen LogP contribution in [-0.4, -0.2) is 52.7 Å². The minimum absolute atomic E-state index is 0.159. The number of para-hydroxylation sites is 1. The van der Waals surface area contributed by atoms with Gasteiger partial charge in [0.05, 0.1) is 24.4 Å². The van der Waals surface area contributed by atoms with Crippen molar-refractivity contribution in [2.75, 3.05) is 31.8 Å². The molecule has 0 spiro atoms. The van der Waals surface area contributed by atoms with Gasteiger partial charge in [-0.25, -0.2) is 14.4 Å². The van der Waals surface area contributed by atoms with E-state index in [2.05, 4.69) is 20.3 Å². The number of benzene rings is 1. The first kappa shape index (κ1) is 21.3. The van der Waals surface area contributed by atoms with Gasteiger partial charge in [-0.3, -0.25) is 0 Å². The van der Waals surface area contributed by atoms with E-state index in [4.69, 9.17) is 5.11 Å². The molecule has 3 rings (SSSR count). The quantitative estimate of drug-likeness (QED) is 0.411. The number of hydrogen-bond acceptors (Lipinski definition) is 5. The molecule has 1 unspecified atom stereocenters. The van der Waals surface area contributed by atoms with E-state index < -0.39 is 31.7 Å². The van der Waals surface area contributed by atoms with Gasteiger partial charge in [-0.2, -0.15) is 13.2 Å². The summed E-state index contributed by atoms with van der Waals surface area (Å²) < 4.78 is 66.5. The SMILES string of the molecule is CP(C)(=O)c1cccc2c(-c3nc(NCC(F)CO)ncc3C(F)(F)F)c[nH]c12. The molecule has 0 radical (unpaired) electrons. The van der Waals surface area contributed by atoms with Crippen molar-refractivity contribution in [3.8, 4) is 11.3 Å². The van der Waals surface area contributed by atoms with Gasteiger partial charge >= 0.3 is 6.18 Å². The number of anilines is 1. The zero-order valence-electron chi connectivity index (χ0n) is 15.6. The maximum atomic E-state index is 13.6. The van der Waals surface area contributed by atoms with Crippen LogP contribution in [0.15, 0.2) is 30.6 Å². The molecule has 2 heterocycles. The Labute approximate surface area is 163 Å². The highest BCUT2D eigenvalue weighted by atomic mass is 31.2. The molecular weight excluding hydrogens is 411 g/mol. The maximum absolute atomic E-state index is 13.6. The molecule has 0 fully saturated rings. The van der Waals surface area contributed by atoms with Gasteiger partial charge < -0.3 is 20.0 Å². The Kier molecular flexibility index (Phi) is 5.69. The average molecular weight is 430 g/mol. The Hall–Kier alpha value is -2.45. The number of halogens is 4. The van der Waals surface area contributed by atoms with Gasteiger partial charge in [0.1, 0.15) is 18.9 Å². The molecule has 29 heavy (non-hydrogen) atoms. The number of hydrogen-bond donors (Lipinski definition) is 3. The molecule has 1 atom stereocenters.